The number of nitrogens with one attached hydrogen (secondary N) is 1. The Labute approximate surface area is 95.0 Å². The van der Waals surface area contributed by atoms with Crippen LogP contribution in [0.1, 0.15) is 20.3 Å². The van der Waals surface area contributed by atoms with Crippen LogP contribution >= 0.6 is 0 Å². The fraction of sp³-hybridized carbons (Fsp3) is 0.778. The van der Waals surface area contributed by atoms with Crippen LogP contribution in [0.2, 0.25) is 0 Å². The van der Waals surface area contributed by atoms with Crippen molar-refractivity contribution in [3.05, 3.63) is 0 Å². The molecule has 1 atom stereocenters. The number of carboxylic acids is 1. The lowest BCUT2D eigenvalue weighted by molar-refractivity contribution is -0.170. The van der Waals surface area contributed by atoms with Crippen molar-refractivity contribution < 1.29 is 32.3 Å². The van der Waals surface area contributed by atoms with Crippen LogP contribution in [0.25, 0.3) is 0 Å². The highest BCUT2D eigenvalue weighted by molar-refractivity contribution is 5.84. The highest BCUT2D eigenvalue weighted by Crippen LogP contribution is 2.24. The molecule has 17 heavy (non-hydrogen) atoms. The van der Waals surface area contributed by atoms with Gasteiger partial charge in [0.2, 0.25) is 0 Å². The first kappa shape index (κ1) is 15.7. The second kappa shape index (κ2) is 5.33. The Hall–Kier alpha value is -1.34. The van der Waals surface area contributed by atoms with Crippen LogP contribution in [0.15, 0.2) is 0 Å². The molecule has 0 bridgehead atoms. The molecule has 1 amide bonds. The van der Waals surface area contributed by atoms with Gasteiger partial charge in [-0.1, -0.05) is 6.92 Å². The van der Waals surface area contributed by atoms with Gasteiger partial charge in [-0.3, -0.25) is 9.59 Å². The number of hydrogen-bond acceptors (Lipinski definition) is 2. The summed E-state index contributed by atoms with van der Waals surface area (Å²) < 4.78 is 48.6. The van der Waals surface area contributed by atoms with Crippen molar-refractivity contribution in [3.63, 3.8) is 0 Å². The van der Waals surface area contributed by atoms with E-state index in [9.17, 15) is 27.2 Å². The predicted octanol–water partition coefficient (Wildman–Crippen LogP) is 1.50. The summed E-state index contributed by atoms with van der Waals surface area (Å²) in [6.07, 6.45) is -4.07. The molecule has 8 heteroatoms. The second-order valence-corrected chi connectivity index (χ2v) is 3.83. The number of aliphatic carboxylic acids is 1. The SMILES string of the molecule is CCC(C)(CNC(=O)C(F)(F)C(F)F)C(=O)O. The van der Waals surface area contributed by atoms with E-state index in [4.69, 9.17) is 5.11 Å². The molecule has 0 saturated heterocycles. The zero-order valence-electron chi connectivity index (χ0n) is 9.27. The van der Waals surface area contributed by atoms with Crippen molar-refractivity contribution in [1.29, 1.82) is 0 Å². The third-order valence-corrected chi connectivity index (χ3v) is 2.51. The lowest BCUT2D eigenvalue weighted by atomic mass is 9.87. The van der Waals surface area contributed by atoms with Crippen molar-refractivity contribution in [2.45, 2.75) is 32.6 Å². The van der Waals surface area contributed by atoms with Crippen LogP contribution in [0.5, 0.6) is 0 Å². The van der Waals surface area contributed by atoms with Gasteiger partial charge in [-0.15, -0.1) is 0 Å². The molecule has 0 aliphatic heterocycles. The number of alkyl halides is 4. The average molecular weight is 259 g/mol. The zero-order valence-corrected chi connectivity index (χ0v) is 9.27. The first-order valence-corrected chi connectivity index (χ1v) is 4.75. The molecule has 1 unspecified atom stereocenters. The van der Waals surface area contributed by atoms with Gasteiger partial charge in [-0.05, 0) is 13.3 Å². The fourth-order valence-corrected chi connectivity index (χ4v) is 0.844. The van der Waals surface area contributed by atoms with E-state index in [2.05, 4.69) is 0 Å². The Morgan fingerprint density at radius 2 is 1.82 bits per heavy atom. The molecule has 0 aliphatic rings. The zero-order chi connectivity index (χ0) is 13.9. The van der Waals surface area contributed by atoms with Crippen LogP contribution in [-0.2, 0) is 9.59 Å². The minimum absolute atomic E-state index is 0.0584. The minimum Gasteiger partial charge on any atom is -0.481 e. The van der Waals surface area contributed by atoms with Crippen molar-refractivity contribution >= 4 is 11.9 Å². The van der Waals surface area contributed by atoms with E-state index in [1.807, 2.05) is 0 Å². The van der Waals surface area contributed by atoms with Crippen molar-refractivity contribution in [2.24, 2.45) is 5.41 Å². The summed E-state index contributed by atoms with van der Waals surface area (Å²) in [6.45, 7) is 2.06. The Morgan fingerprint density at radius 1 is 1.35 bits per heavy atom. The van der Waals surface area contributed by atoms with E-state index in [1.54, 1.807) is 0 Å². The molecule has 0 aromatic carbocycles. The van der Waals surface area contributed by atoms with E-state index < -0.39 is 36.2 Å². The van der Waals surface area contributed by atoms with Crippen LogP contribution in [0, 0.1) is 5.41 Å². The molecule has 2 N–H and O–H groups in total. The molecule has 0 radical (unpaired) electrons. The molecule has 0 fully saturated rings. The molecule has 0 saturated carbocycles. The number of carbonyl (C=O) groups excluding carboxylic acids is 1. The summed E-state index contributed by atoms with van der Waals surface area (Å²) in [5, 5.41) is 10.3. The van der Waals surface area contributed by atoms with Crippen LogP contribution in [0.3, 0.4) is 0 Å². The van der Waals surface area contributed by atoms with Crippen LogP contribution in [-0.4, -0.2) is 35.9 Å². The van der Waals surface area contributed by atoms with Gasteiger partial charge in [0, 0.05) is 6.54 Å². The molecule has 4 nitrogen and oxygen atoms in total. The van der Waals surface area contributed by atoms with Crippen molar-refractivity contribution in [3.8, 4) is 0 Å². The molecule has 100 valence electrons. The number of rotatable bonds is 6. The summed E-state index contributed by atoms with van der Waals surface area (Å²) in [4.78, 5) is 21.5. The summed E-state index contributed by atoms with van der Waals surface area (Å²) >= 11 is 0. The number of halogens is 4. The highest BCUT2D eigenvalue weighted by Gasteiger charge is 2.49. The monoisotopic (exact) mass is 259 g/mol. The highest BCUT2D eigenvalue weighted by atomic mass is 19.3. The van der Waals surface area contributed by atoms with Gasteiger partial charge in [0.25, 0.3) is 5.91 Å². The van der Waals surface area contributed by atoms with E-state index in [0.717, 1.165) is 0 Å². The van der Waals surface area contributed by atoms with Gasteiger partial charge in [0.15, 0.2) is 0 Å². The Bertz CT molecular complexity index is 309. The standard InChI is InChI=1S/C9H13F4NO3/c1-3-8(2,7(16)17)4-14-6(15)9(12,13)5(10)11/h5H,3-4H2,1-2H3,(H,14,15)(H,16,17). The van der Waals surface area contributed by atoms with Crippen molar-refractivity contribution in [1.82, 2.24) is 5.32 Å². The normalized spacial score (nSPS) is 15.5. The molecule has 0 aromatic rings. The van der Waals surface area contributed by atoms with Gasteiger partial charge < -0.3 is 10.4 Å². The van der Waals surface area contributed by atoms with E-state index in [-0.39, 0.29) is 6.42 Å². The maximum Gasteiger partial charge on any atom is 0.383 e. The molecule has 0 heterocycles. The van der Waals surface area contributed by atoms with E-state index >= 15 is 0 Å². The Morgan fingerprint density at radius 3 is 2.12 bits per heavy atom. The third-order valence-electron chi connectivity index (χ3n) is 2.51. The topological polar surface area (TPSA) is 66.4 Å². The summed E-state index contributed by atoms with van der Waals surface area (Å²) in [5.41, 5.74) is -1.46. The fourth-order valence-electron chi connectivity index (χ4n) is 0.844. The Kier molecular flexibility index (Phi) is 4.91. The molecular weight excluding hydrogens is 246 g/mol. The molecule has 0 rings (SSSR count). The van der Waals surface area contributed by atoms with Gasteiger partial charge in [0.1, 0.15) is 0 Å². The van der Waals surface area contributed by atoms with Gasteiger partial charge >= 0.3 is 18.3 Å². The molecule has 0 aliphatic carbocycles. The third kappa shape index (κ3) is 3.57. The maximum atomic E-state index is 12.5. The first-order chi connectivity index (χ1) is 7.58. The van der Waals surface area contributed by atoms with Crippen molar-refractivity contribution in [2.75, 3.05) is 6.54 Å². The molecule has 0 aromatic heterocycles. The lowest BCUT2D eigenvalue weighted by Gasteiger charge is -2.24. The lowest BCUT2D eigenvalue weighted by Crippen LogP contribution is -2.49. The number of carbonyl (C=O) groups is 2. The smallest absolute Gasteiger partial charge is 0.383 e. The first-order valence-electron chi connectivity index (χ1n) is 4.75. The van der Waals surface area contributed by atoms with Gasteiger partial charge in [-0.25, -0.2) is 8.78 Å². The quantitative estimate of drug-likeness (QED) is 0.710. The summed E-state index contributed by atoms with van der Waals surface area (Å²) in [5.74, 6) is -8.29. The number of carboxylic acid groups (broad SMARTS) is 1. The van der Waals surface area contributed by atoms with E-state index in [1.165, 1.54) is 19.2 Å². The summed E-state index contributed by atoms with van der Waals surface area (Å²) in [6, 6.07) is 0. The maximum absolute atomic E-state index is 12.5. The molecule has 0 spiro atoms. The predicted molar refractivity (Wildman–Crippen MR) is 50.0 cm³/mol. The van der Waals surface area contributed by atoms with Gasteiger partial charge in [0.05, 0.1) is 5.41 Å². The van der Waals surface area contributed by atoms with Crippen LogP contribution in [0.4, 0.5) is 17.6 Å². The average Bonchev–Trinajstić information content (AvgIpc) is 2.24. The number of amides is 1. The largest absolute Gasteiger partial charge is 0.481 e. The van der Waals surface area contributed by atoms with E-state index in [0.29, 0.717) is 0 Å². The van der Waals surface area contributed by atoms with Gasteiger partial charge in [-0.2, -0.15) is 8.78 Å². The number of hydrogen-bond donors (Lipinski definition) is 2. The minimum atomic E-state index is -4.81. The van der Waals surface area contributed by atoms with Crippen LogP contribution < -0.4 is 5.32 Å². The second-order valence-electron chi connectivity index (χ2n) is 3.83. The Balaban J connectivity index is 4.59. The summed E-state index contributed by atoms with van der Waals surface area (Å²) in [7, 11) is 0. The molecular formula is C9H13F4NO3.